The first-order valence-electron chi connectivity index (χ1n) is 7.79. The standard InChI is InChI=1S/C16H24N2O2.ClH/c1-17-7-9-18(10-8-17)11-12-20-16(19)15-13-5-3-2-4-6-14(13)15;/h2-5,13-15H,6-12H2,1H3;1H. The van der Waals surface area contributed by atoms with Gasteiger partial charge in [-0.15, -0.1) is 0 Å². The normalized spacial score (nSPS) is 32.0. The Kier molecular flexibility index (Phi) is 5.85. The van der Waals surface area contributed by atoms with Crippen molar-refractivity contribution >= 4 is 5.97 Å². The van der Waals surface area contributed by atoms with Crippen LogP contribution in [0.15, 0.2) is 24.3 Å². The van der Waals surface area contributed by atoms with Crippen molar-refractivity contribution < 1.29 is 26.8 Å². The highest BCUT2D eigenvalue weighted by atomic mass is 35.5. The van der Waals surface area contributed by atoms with E-state index in [1.807, 2.05) is 0 Å². The lowest BCUT2D eigenvalue weighted by atomic mass is 10.2. The van der Waals surface area contributed by atoms with Crippen molar-refractivity contribution in [2.24, 2.45) is 17.8 Å². The van der Waals surface area contributed by atoms with Gasteiger partial charge >= 0.3 is 5.97 Å². The summed E-state index contributed by atoms with van der Waals surface area (Å²) in [7, 11) is 2.23. The zero-order valence-corrected chi connectivity index (χ0v) is 13.4. The number of quaternary nitrogens is 1. The Labute approximate surface area is 133 Å². The van der Waals surface area contributed by atoms with Crippen LogP contribution in [0.2, 0.25) is 0 Å². The number of hydrogen-bond acceptors (Lipinski definition) is 3. The minimum atomic E-state index is 0. The molecule has 2 fully saturated rings. The van der Waals surface area contributed by atoms with E-state index in [2.05, 4.69) is 36.3 Å². The second-order valence-corrected chi connectivity index (χ2v) is 6.28. The largest absolute Gasteiger partial charge is 1.00 e. The number of nitrogens with one attached hydrogen (secondary N) is 1. The van der Waals surface area contributed by atoms with Crippen LogP contribution in [0.5, 0.6) is 0 Å². The molecule has 21 heavy (non-hydrogen) atoms. The Morgan fingerprint density at radius 3 is 2.86 bits per heavy atom. The molecule has 4 nitrogen and oxygen atoms in total. The Balaban J connectivity index is 0.00000161. The van der Waals surface area contributed by atoms with Gasteiger partial charge in [0, 0.05) is 19.6 Å². The highest BCUT2D eigenvalue weighted by molar-refractivity contribution is 5.77. The topological polar surface area (TPSA) is 34.0 Å². The molecular formula is C16H25ClN2O2. The van der Waals surface area contributed by atoms with Crippen molar-refractivity contribution in [1.82, 2.24) is 4.90 Å². The molecule has 3 atom stereocenters. The lowest BCUT2D eigenvalue weighted by Crippen LogP contribution is -3.12. The summed E-state index contributed by atoms with van der Waals surface area (Å²) in [5.41, 5.74) is 0. The van der Waals surface area contributed by atoms with Gasteiger partial charge < -0.3 is 22.0 Å². The molecule has 1 saturated carbocycles. The predicted molar refractivity (Wildman–Crippen MR) is 77.4 cm³/mol. The smallest absolute Gasteiger partial charge is 0.309 e. The third-order valence-electron chi connectivity index (χ3n) is 4.85. The van der Waals surface area contributed by atoms with Crippen molar-refractivity contribution in [3.63, 3.8) is 0 Å². The molecule has 1 saturated heterocycles. The third-order valence-corrected chi connectivity index (χ3v) is 4.85. The van der Waals surface area contributed by atoms with E-state index in [0.29, 0.717) is 18.4 Å². The van der Waals surface area contributed by atoms with Gasteiger partial charge in [0.25, 0.3) is 0 Å². The Bertz CT molecular complexity index is 417. The molecule has 3 unspecified atom stereocenters. The average Bonchev–Trinajstić information content (AvgIpc) is 3.16. The predicted octanol–water partition coefficient (Wildman–Crippen LogP) is -3.26. The summed E-state index contributed by atoms with van der Waals surface area (Å²) < 4.78 is 5.48. The quantitative estimate of drug-likeness (QED) is 0.554. The number of hydrogen-bond donors (Lipinski definition) is 1. The lowest BCUT2D eigenvalue weighted by molar-refractivity contribution is -0.884. The maximum absolute atomic E-state index is 12.1. The van der Waals surface area contributed by atoms with Gasteiger partial charge in [-0.25, -0.2) is 0 Å². The number of allylic oxidation sites excluding steroid dienone is 4. The third kappa shape index (κ3) is 4.09. The van der Waals surface area contributed by atoms with E-state index < -0.39 is 0 Å². The molecule has 0 aromatic carbocycles. The number of likely N-dealkylation sites (N-methyl/N-ethyl adjacent to an activating group) is 1. The second kappa shape index (κ2) is 7.43. The van der Waals surface area contributed by atoms with Gasteiger partial charge in [0.05, 0.1) is 26.1 Å². The number of fused-ring (bicyclic) bond motifs is 1. The summed E-state index contributed by atoms with van der Waals surface area (Å²) in [6.45, 7) is 6.05. The van der Waals surface area contributed by atoms with Crippen LogP contribution in [0.1, 0.15) is 6.42 Å². The highest BCUT2D eigenvalue weighted by Crippen LogP contribution is 2.51. The van der Waals surface area contributed by atoms with E-state index in [1.165, 1.54) is 13.1 Å². The van der Waals surface area contributed by atoms with E-state index in [4.69, 9.17) is 4.74 Å². The van der Waals surface area contributed by atoms with Crippen LogP contribution < -0.4 is 17.3 Å². The summed E-state index contributed by atoms with van der Waals surface area (Å²) in [5, 5.41) is 0. The molecule has 2 aliphatic carbocycles. The van der Waals surface area contributed by atoms with Gasteiger partial charge in [-0.05, 0) is 18.3 Å². The van der Waals surface area contributed by atoms with Crippen molar-refractivity contribution in [1.29, 1.82) is 0 Å². The summed E-state index contributed by atoms with van der Waals surface area (Å²) >= 11 is 0. The molecule has 118 valence electrons. The fraction of sp³-hybridized carbons (Fsp3) is 0.688. The van der Waals surface area contributed by atoms with Crippen LogP contribution >= 0.6 is 0 Å². The first kappa shape index (κ1) is 16.5. The number of ether oxygens (including phenoxy) is 1. The van der Waals surface area contributed by atoms with Gasteiger partial charge in [0.2, 0.25) is 0 Å². The van der Waals surface area contributed by atoms with Crippen LogP contribution in [0.3, 0.4) is 0 Å². The number of halogens is 1. The van der Waals surface area contributed by atoms with Crippen molar-refractivity contribution in [3.05, 3.63) is 24.3 Å². The molecular weight excluding hydrogens is 288 g/mol. The summed E-state index contributed by atoms with van der Waals surface area (Å²) in [4.78, 5) is 16.1. The molecule has 0 spiro atoms. The number of nitrogens with zero attached hydrogens (tertiary/aromatic N) is 1. The number of carbonyl (C=O) groups is 1. The number of carbonyl (C=O) groups excluding carboxylic acids is 1. The average molecular weight is 313 g/mol. The fourth-order valence-corrected chi connectivity index (χ4v) is 3.34. The van der Waals surface area contributed by atoms with Gasteiger partial charge in [-0.2, -0.15) is 0 Å². The number of piperazine rings is 1. The van der Waals surface area contributed by atoms with E-state index >= 15 is 0 Å². The maximum Gasteiger partial charge on any atom is 0.309 e. The van der Waals surface area contributed by atoms with Gasteiger partial charge in [0.1, 0.15) is 6.61 Å². The molecule has 3 rings (SSSR count). The number of esters is 1. The Morgan fingerprint density at radius 1 is 1.33 bits per heavy atom. The summed E-state index contributed by atoms with van der Waals surface area (Å²) in [6.07, 6.45) is 9.46. The lowest BCUT2D eigenvalue weighted by Gasteiger charge is -2.29. The first-order chi connectivity index (χ1) is 9.75. The zero-order valence-electron chi connectivity index (χ0n) is 12.6. The van der Waals surface area contributed by atoms with E-state index in [0.717, 1.165) is 26.1 Å². The summed E-state index contributed by atoms with van der Waals surface area (Å²) in [6, 6.07) is 0. The second-order valence-electron chi connectivity index (χ2n) is 6.28. The number of rotatable bonds is 4. The van der Waals surface area contributed by atoms with E-state index in [9.17, 15) is 4.79 Å². The molecule has 5 heteroatoms. The first-order valence-corrected chi connectivity index (χ1v) is 7.79. The minimum absolute atomic E-state index is 0. The Hall–Kier alpha value is -0.840. The molecule has 1 N–H and O–H groups in total. The van der Waals surface area contributed by atoms with Crippen LogP contribution in [-0.4, -0.2) is 57.2 Å². The van der Waals surface area contributed by atoms with Crippen LogP contribution in [0, 0.1) is 17.8 Å². The fourth-order valence-electron chi connectivity index (χ4n) is 3.34. The molecule has 0 radical (unpaired) electrons. The minimum Gasteiger partial charge on any atom is -1.00 e. The van der Waals surface area contributed by atoms with Gasteiger partial charge in [-0.1, -0.05) is 24.3 Å². The maximum atomic E-state index is 12.1. The van der Waals surface area contributed by atoms with Crippen LogP contribution in [-0.2, 0) is 9.53 Å². The molecule has 1 aliphatic heterocycles. The molecule has 0 aromatic rings. The van der Waals surface area contributed by atoms with E-state index in [1.54, 1.807) is 4.90 Å². The SMILES string of the molecule is C[NH+]1CCN(CCOC(=O)C2C3C=CC=CCC32)CC1.[Cl-]. The molecule has 0 amide bonds. The van der Waals surface area contributed by atoms with Gasteiger partial charge in [0.15, 0.2) is 0 Å². The molecule has 1 heterocycles. The Morgan fingerprint density at radius 2 is 2.10 bits per heavy atom. The highest BCUT2D eigenvalue weighted by Gasteiger charge is 2.53. The summed E-state index contributed by atoms with van der Waals surface area (Å²) in [5.74, 6) is 1.04. The zero-order chi connectivity index (χ0) is 13.9. The molecule has 3 aliphatic rings. The van der Waals surface area contributed by atoms with Crippen molar-refractivity contribution in [2.45, 2.75) is 6.42 Å². The molecule has 0 bridgehead atoms. The van der Waals surface area contributed by atoms with Crippen LogP contribution in [0.4, 0.5) is 0 Å². The van der Waals surface area contributed by atoms with Crippen molar-refractivity contribution in [2.75, 3.05) is 46.4 Å². The van der Waals surface area contributed by atoms with Crippen molar-refractivity contribution in [3.8, 4) is 0 Å². The molecule has 0 aromatic heterocycles. The van der Waals surface area contributed by atoms with Gasteiger partial charge in [-0.3, -0.25) is 9.69 Å². The van der Waals surface area contributed by atoms with E-state index in [-0.39, 0.29) is 24.3 Å². The van der Waals surface area contributed by atoms with Crippen LogP contribution in [0.25, 0.3) is 0 Å². The monoisotopic (exact) mass is 312 g/mol.